The fourth-order valence-electron chi connectivity index (χ4n) is 1.84. The van der Waals surface area contributed by atoms with Gasteiger partial charge in [-0.25, -0.2) is 4.98 Å². The van der Waals surface area contributed by atoms with Gasteiger partial charge in [-0.2, -0.15) is 11.8 Å². The maximum absolute atomic E-state index is 9.21. The molecule has 15 heavy (non-hydrogen) atoms. The van der Waals surface area contributed by atoms with Crippen molar-refractivity contribution in [1.82, 2.24) is 4.98 Å². The van der Waals surface area contributed by atoms with Crippen LogP contribution in [0.3, 0.4) is 0 Å². The molecule has 2 rings (SSSR count). The van der Waals surface area contributed by atoms with Crippen molar-refractivity contribution in [2.24, 2.45) is 0 Å². The van der Waals surface area contributed by atoms with Gasteiger partial charge in [-0.15, -0.1) is 0 Å². The molecule has 3 nitrogen and oxygen atoms in total. The van der Waals surface area contributed by atoms with E-state index in [0.29, 0.717) is 11.7 Å². The molecule has 0 aromatic carbocycles. The van der Waals surface area contributed by atoms with Crippen LogP contribution >= 0.6 is 11.8 Å². The minimum atomic E-state index is -0.344. The van der Waals surface area contributed by atoms with Crippen LogP contribution in [-0.4, -0.2) is 27.2 Å². The van der Waals surface area contributed by atoms with Gasteiger partial charge in [-0.1, -0.05) is 0 Å². The molecule has 1 fully saturated rings. The highest BCUT2D eigenvalue weighted by Gasteiger charge is 2.18. The zero-order valence-electron chi connectivity index (χ0n) is 8.98. The number of thioether (sulfide) groups is 1. The van der Waals surface area contributed by atoms with Crippen LogP contribution in [0.5, 0.6) is 0 Å². The SMILES string of the molecule is CC(O)Cc1coc(CC2CCCS2)n1. The van der Waals surface area contributed by atoms with Crippen LogP contribution in [-0.2, 0) is 12.8 Å². The number of hydrogen-bond donors (Lipinski definition) is 1. The molecule has 0 spiro atoms. The van der Waals surface area contributed by atoms with Crippen molar-refractivity contribution in [3.8, 4) is 0 Å². The average Bonchev–Trinajstić information content (AvgIpc) is 2.77. The van der Waals surface area contributed by atoms with Crippen LogP contribution in [0, 0.1) is 0 Å². The first-order valence-corrected chi connectivity index (χ1v) is 6.52. The van der Waals surface area contributed by atoms with Crippen molar-refractivity contribution in [2.75, 3.05) is 5.75 Å². The van der Waals surface area contributed by atoms with E-state index in [-0.39, 0.29) is 6.10 Å². The van der Waals surface area contributed by atoms with Crippen molar-refractivity contribution in [3.05, 3.63) is 17.8 Å². The van der Waals surface area contributed by atoms with Crippen LogP contribution in [0.1, 0.15) is 31.4 Å². The minimum absolute atomic E-state index is 0.344. The number of rotatable bonds is 4. The normalized spacial score (nSPS) is 23.2. The first-order chi connectivity index (χ1) is 7.24. The van der Waals surface area contributed by atoms with Gasteiger partial charge in [0.1, 0.15) is 6.26 Å². The third-order valence-corrected chi connectivity index (χ3v) is 3.93. The van der Waals surface area contributed by atoms with E-state index in [1.807, 2.05) is 11.8 Å². The molecule has 4 heteroatoms. The Morgan fingerprint density at radius 1 is 1.73 bits per heavy atom. The lowest BCUT2D eigenvalue weighted by molar-refractivity contribution is 0.194. The largest absolute Gasteiger partial charge is 0.449 e. The Morgan fingerprint density at radius 2 is 2.60 bits per heavy atom. The third-order valence-electron chi connectivity index (χ3n) is 2.53. The lowest BCUT2D eigenvalue weighted by atomic mass is 10.2. The van der Waals surface area contributed by atoms with Gasteiger partial charge in [0.2, 0.25) is 0 Å². The summed E-state index contributed by atoms with van der Waals surface area (Å²) in [5, 5.41) is 9.90. The fourth-order valence-corrected chi connectivity index (χ4v) is 3.10. The van der Waals surface area contributed by atoms with Gasteiger partial charge in [0, 0.05) is 18.1 Å². The summed E-state index contributed by atoms with van der Waals surface area (Å²) >= 11 is 2.01. The van der Waals surface area contributed by atoms with Gasteiger partial charge in [0.05, 0.1) is 11.8 Å². The number of aromatic nitrogens is 1. The third kappa shape index (κ3) is 3.24. The van der Waals surface area contributed by atoms with Gasteiger partial charge in [0.25, 0.3) is 0 Å². The van der Waals surface area contributed by atoms with Crippen LogP contribution < -0.4 is 0 Å². The van der Waals surface area contributed by atoms with E-state index in [1.165, 1.54) is 18.6 Å². The number of aliphatic hydroxyl groups excluding tert-OH is 1. The molecule has 1 aliphatic rings. The molecule has 0 amide bonds. The molecule has 1 aromatic heterocycles. The Labute approximate surface area is 94.3 Å². The fraction of sp³-hybridized carbons (Fsp3) is 0.727. The van der Waals surface area contributed by atoms with Gasteiger partial charge < -0.3 is 9.52 Å². The maximum atomic E-state index is 9.21. The summed E-state index contributed by atoms with van der Waals surface area (Å²) in [6.07, 6.45) is 5.44. The van der Waals surface area contributed by atoms with E-state index >= 15 is 0 Å². The smallest absolute Gasteiger partial charge is 0.195 e. The Kier molecular flexibility index (Phi) is 3.70. The van der Waals surface area contributed by atoms with Crippen molar-refractivity contribution in [3.63, 3.8) is 0 Å². The Bertz CT molecular complexity index is 305. The van der Waals surface area contributed by atoms with E-state index in [4.69, 9.17) is 4.42 Å². The second-order valence-electron chi connectivity index (χ2n) is 4.12. The molecule has 1 N–H and O–H groups in total. The first kappa shape index (κ1) is 11.0. The topological polar surface area (TPSA) is 46.3 Å². The number of aliphatic hydroxyl groups is 1. The van der Waals surface area contributed by atoms with Gasteiger partial charge >= 0.3 is 0 Å². The highest BCUT2D eigenvalue weighted by Crippen LogP contribution is 2.28. The summed E-state index contributed by atoms with van der Waals surface area (Å²) in [6, 6.07) is 0. The van der Waals surface area contributed by atoms with E-state index in [0.717, 1.165) is 18.0 Å². The molecular weight excluding hydrogens is 210 g/mol. The molecule has 2 heterocycles. The number of nitrogens with zero attached hydrogens (tertiary/aromatic N) is 1. The molecule has 0 bridgehead atoms. The van der Waals surface area contributed by atoms with Crippen LogP contribution in [0.2, 0.25) is 0 Å². The Hall–Kier alpha value is -0.480. The van der Waals surface area contributed by atoms with E-state index in [9.17, 15) is 5.11 Å². The zero-order valence-corrected chi connectivity index (χ0v) is 9.80. The maximum Gasteiger partial charge on any atom is 0.195 e. The molecule has 0 radical (unpaired) electrons. The number of hydrogen-bond acceptors (Lipinski definition) is 4. The monoisotopic (exact) mass is 227 g/mol. The number of oxazole rings is 1. The molecular formula is C11H17NO2S. The summed E-state index contributed by atoms with van der Waals surface area (Å²) in [6.45, 7) is 1.77. The van der Waals surface area contributed by atoms with Gasteiger partial charge in [-0.05, 0) is 25.5 Å². The molecule has 1 aliphatic heterocycles. The van der Waals surface area contributed by atoms with Crippen molar-refractivity contribution in [1.29, 1.82) is 0 Å². The highest BCUT2D eigenvalue weighted by molar-refractivity contribution is 8.00. The van der Waals surface area contributed by atoms with E-state index < -0.39 is 0 Å². The summed E-state index contributed by atoms with van der Waals surface area (Å²) in [5.74, 6) is 2.09. The summed E-state index contributed by atoms with van der Waals surface area (Å²) < 4.78 is 5.39. The standard InChI is InChI=1S/C11H17NO2S/c1-8(13)5-9-7-14-11(12-9)6-10-3-2-4-15-10/h7-8,10,13H,2-6H2,1H3. The molecule has 2 atom stereocenters. The molecule has 0 saturated carbocycles. The lowest BCUT2D eigenvalue weighted by Gasteiger charge is -2.03. The quantitative estimate of drug-likeness (QED) is 0.855. The first-order valence-electron chi connectivity index (χ1n) is 5.47. The van der Waals surface area contributed by atoms with E-state index in [1.54, 1.807) is 13.2 Å². The van der Waals surface area contributed by atoms with E-state index in [2.05, 4.69) is 4.98 Å². The van der Waals surface area contributed by atoms with Gasteiger partial charge in [-0.3, -0.25) is 0 Å². The lowest BCUT2D eigenvalue weighted by Crippen LogP contribution is -2.05. The second-order valence-corrected chi connectivity index (χ2v) is 5.53. The molecule has 2 unspecified atom stereocenters. The minimum Gasteiger partial charge on any atom is -0.449 e. The zero-order chi connectivity index (χ0) is 10.7. The Morgan fingerprint density at radius 3 is 3.27 bits per heavy atom. The summed E-state index contributed by atoms with van der Waals surface area (Å²) in [5.41, 5.74) is 0.864. The molecule has 1 aromatic rings. The average molecular weight is 227 g/mol. The van der Waals surface area contributed by atoms with Crippen molar-refractivity contribution < 1.29 is 9.52 Å². The van der Waals surface area contributed by atoms with Gasteiger partial charge in [0.15, 0.2) is 5.89 Å². The van der Waals surface area contributed by atoms with Crippen LogP contribution in [0.4, 0.5) is 0 Å². The van der Waals surface area contributed by atoms with Crippen LogP contribution in [0.25, 0.3) is 0 Å². The second kappa shape index (κ2) is 5.03. The predicted octanol–water partition coefficient (Wildman–Crippen LogP) is 2.04. The van der Waals surface area contributed by atoms with Crippen molar-refractivity contribution >= 4 is 11.8 Å². The molecule has 84 valence electrons. The predicted molar refractivity (Wildman–Crippen MR) is 61.1 cm³/mol. The molecule has 1 saturated heterocycles. The Balaban J connectivity index is 1.88. The summed E-state index contributed by atoms with van der Waals surface area (Å²) in [7, 11) is 0. The highest BCUT2D eigenvalue weighted by atomic mass is 32.2. The van der Waals surface area contributed by atoms with Crippen molar-refractivity contribution in [2.45, 2.75) is 44.0 Å². The summed E-state index contributed by atoms with van der Waals surface area (Å²) in [4.78, 5) is 4.37. The molecule has 0 aliphatic carbocycles. The van der Waals surface area contributed by atoms with Crippen LogP contribution in [0.15, 0.2) is 10.7 Å².